The molecule has 0 radical (unpaired) electrons. The first-order valence-electron chi connectivity index (χ1n) is 5.40. The molecule has 0 aliphatic rings. The Morgan fingerprint density at radius 1 is 1.56 bits per heavy atom. The van der Waals surface area contributed by atoms with Gasteiger partial charge in [-0.1, -0.05) is 6.92 Å². The molecule has 0 aliphatic carbocycles. The molecule has 4 N–H and O–H groups in total. The van der Waals surface area contributed by atoms with Crippen LogP contribution in [0.3, 0.4) is 0 Å². The van der Waals surface area contributed by atoms with E-state index in [0.29, 0.717) is 5.82 Å². The topological polar surface area (TPSA) is 80.0 Å². The molecule has 5 nitrogen and oxygen atoms in total. The van der Waals surface area contributed by atoms with Gasteiger partial charge in [0.25, 0.3) is 0 Å². The van der Waals surface area contributed by atoms with Gasteiger partial charge in [-0.25, -0.2) is 4.98 Å². The molecular formula is C11H18N4O. The second-order valence-corrected chi connectivity index (χ2v) is 3.64. The number of rotatable bonds is 5. The third kappa shape index (κ3) is 3.86. The van der Waals surface area contributed by atoms with Crippen LogP contribution in [0.25, 0.3) is 0 Å². The van der Waals surface area contributed by atoms with Crippen LogP contribution in [0, 0.1) is 0 Å². The summed E-state index contributed by atoms with van der Waals surface area (Å²) >= 11 is 0. The van der Waals surface area contributed by atoms with Gasteiger partial charge in [-0.05, 0) is 25.5 Å². The molecule has 0 aliphatic heterocycles. The second kappa shape index (κ2) is 6.07. The van der Waals surface area contributed by atoms with E-state index >= 15 is 0 Å². The van der Waals surface area contributed by atoms with Crippen molar-refractivity contribution < 1.29 is 4.79 Å². The van der Waals surface area contributed by atoms with Gasteiger partial charge in [0.1, 0.15) is 5.82 Å². The molecule has 0 fully saturated rings. The van der Waals surface area contributed by atoms with E-state index in [-0.39, 0.29) is 5.91 Å². The Kier molecular flexibility index (Phi) is 4.72. The highest BCUT2D eigenvalue weighted by Gasteiger charge is 2.07. The fourth-order valence-corrected chi connectivity index (χ4v) is 1.08. The summed E-state index contributed by atoms with van der Waals surface area (Å²) in [7, 11) is 0. The number of aromatic nitrogens is 1. The monoisotopic (exact) mass is 222 g/mol. The van der Waals surface area contributed by atoms with Crippen molar-refractivity contribution in [3.05, 3.63) is 18.3 Å². The largest absolute Gasteiger partial charge is 0.384 e. The number of carbonyl (C=O) groups is 1. The van der Waals surface area contributed by atoms with E-state index < -0.39 is 6.04 Å². The normalized spacial score (nSPS) is 11.9. The van der Waals surface area contributed by atoms with Crippen molar-refractivity contribution in [1.29, 1.82) is 0 Å². The van der Waals surface area contributed by atoms with E-state index in [4.69, 9.17) is 5.73 Å². The average molecular weight is 222 g/mol. The zero-order valence-corrected chi connectivity index (χ0v) is 9.66. The maximum Gasteiger partial charge on any atom is 0.242 e. The Morgan fingerprint density at radius 3 is 2.81 bits per heavy atom. The third-order valence-electron chi connectivity index (χ3n) is 2.01. The van der Waals surface area contributed by atoms with Crippen molar-refractivity contribution in [3.63, 3.8) is 0 Å². The van der Waals surface area contributed by atoms with Crippen LogP contribution in [0.5, 0.6) is 0 Å². The lowest BCUT2D eigenvalue weighted by Gasteiger charge is -2.08. The van der Waals surface area contributed by atoms with Crippen molar-refractivity contribution >= 4 is 17.4 Å². The third-order valence-corrected chi connectivity index (χ3v) is 2.01. The van der Waals surface area contributed by atoms with Crippen molar-refractivity contribution in [2.45, 2.75) is 26.3 Å². The van der Waals surface area contributed by atoms with Gasteiger partial charge in [0.05, 0.1) is 17.9 Å². The molecule has 1 atom stereocenters. The Morgan fingerprint density at radius 2 is 2.31 bits per heavy atom. The Labute approximate surface area is 95.4 Å². The lowest BCUT2D eigenvalue weighted by atomic mass is 10.3. The molecule has 1 aromatic rings. The van der Waals surface area contributed by atoms with Crippen molar-refractivity contribution in [2.24, 2.45) is 5.73 Å². The minimum absolute atomic E-state index is 0.234. The number of hydrogen-bond acceptors (Lipinski definition) is 4. The number of nitrogens with one attached hydrogen (secondary N) is 2. The van der Waals surface area contributed by atoms with Crippen LogP contribution in [0.4, 0.5) is 11.5 Å². The summed E-state index contributed by atoms with van der Waals surface area (Å²) in [5.41, 5.74) is 6.37. The van der Waals surface area contributed by atoms with Gasteiger partial charge < -0.3 is 16.4 Å². The van der Waals surface area contributed by atoms with Gasteiger partial charge in [-0.15, -0.1) is 0 Å². The number of pyridine rings is 1. The van der Waals surface area contributed by atoms with Crippen LogP contribution < -0.4 is 16.4 Å². The van der Waals surface area contributed by atoms with Crippen LogP contribution in [-0.4, -0.2) is 23.5 Å². The van der Waals surface area contributed by atoms with Gasteiger partial charge in [0.2, 0.25) is 5.91 Å². The van der Waals surface area contributed by atoms with Gasteiger partial charge in [0.15, 0.2) is 0 Å². The zero-order chi connectivity index (χ0) is 12.0. The van der Waals surface area contributed by atoms with Crippen LogP contribution >= 0.6 is 0 Å². The number of carbonyl (C=O) groups excluding carboxylic acids is 1. The fraction of sp³-hybridized carbons (Fsp3) is 0.455. The van der Waals surface area contributed by atoms with Crippen LogP contribution in [0.1, 0.15) is 20.3 Å². The van der Waals surface area contributed by atoms with Crippen molar-refractivity contribution in [3.8, 4) is 0 Å². The predicted molar refractivity (Wildman–Crippen MR) is 65.3 cm³/mol. The molecule has 0 aromatic carbocycles. The van der Waals surface area contributed by atoms with Gasteiger partial charge in [-0.2, -0.15) is 0 Å². The summed E-state index contributed by atoms with van der Waals surface area (Å²) in [5, 5.41) is 5.82. The molecule has 88 valence electrons. The molecule has 1 amide bonds. The summed E-state index contributed by atoms with van der Waals surface area (Å²) < 4.78 is 0. The lowest BCUT2D eigenvalue weighted by Crippen LogP contribution is -2.32. The summed E-state index contributed by atoms with van der Waals surface area (Å²) in [5.74, 6) is 0.283. The standard InChI is InChI=1S/C11H18N4O/c1-3-6-13-9-4-5-10(14-7-9)15-11(16)8(2)12/h4-5,7-8,13H,3,6,12H2,1-2H3,(H,14,15,16). The summed E-state index contributed by atoms with van der Waals surface area (Å²) in [6.07, 6.45) is 2.75. The molecule has 0 saturated heterocycles. The molecule has 0 saturated carbocycles. The van der Waals surface area contributed by atoms with E-state index in [1.807, 2.05) is 6.07 Å². The molecule has 0 spiro atoms. The van der Waals surface area contributed by atoms with Crippen LogP contribution in [0.15, 0.2) is 18.3 Å². The summed E-state index contributed by atoms with van der Waals surface area (Å²) in [6.45, 7) is 4.64. The first-order valence-corrected chi connectivity index (χ1v) is 5.40. The van der Waals surface area contributed by atoms with Crippen molar-refractivity contribution in [1.82, 2.24) is 4.98 Å². The molecule has 1 aromatic heterocycles. The van der Waals surface area contributed by atoms with E-state index in [0.717, 1.165) is 18.7 Å². The number of hydrogen-bond donors (Lipinski definition) is 3. The Hall–Kier alpha value is -1.62. The minimum Gasteiger partial charge on any atom is -0.384 e. The van der Waals surface area contributed by atoms with Gasteiger partial charge in [0, 0.05) is 6.54 Å². The number of anilines is 2. The zero-order valence-electron chi connectivity index (χ0n) is 9.66. The number of nitrogens with zero attached hydrogens (tertiary/aromatic N) is 1. The van der Waals surface area contributed by atoms with Gasteiger partial charge >= 0.3 is 0 Å². The fourth-order valence-electron chi connectivity index (χ4n) is 1.08. The average Bonchev–Trinajstić information content (AvgIpc) is 2.28. The molecule has 5 heteroatoms. The van der Waals surface area contributed by atoms with Crippen LogP contribution in [0.2, 0.25) is 0 Å². The smallest absolute Gasteiger partial charge is 0.242 e. The summed E-state index contributed by atoms with van der Waals surface area (Å²) in [6, 6.07) is 3.09. The minimum atomic E-state index is -0.528. The highest BCUT2D eigenvalue weighted by Crippen LogP contribution is 2.09. The maximum absolute atomic E-state index is 11.3. The molecule has 16 heavy (non-hydrogen) atoms. The number of amides is 1. The van der Waals surface area contributed by atoms with E-state index in [9.17, 15) is 4.79 Å². The molecular weight excluding hydrogens is 204 g/mol. The van der Waals surface area contributed by atoms with Crippen LogP contribution in [-0.2, 0) is 4.79 Å². The van der Waals surface area contributed by atoms with E-state index in [1.54, 1.807) is 19.2 Å². The molecule has 1 unspecified atom stereocenters. The number of nitrogens with two attached hydrogens (primary N) is 1. The van der Waals surface area contributed by atoms with Crippen molar-refractivity contribution in [2.75, 3.05) is 17.2 Å². The Balaban J connectivity index is 2.54. The van der Waals surface area contributed by atoms with Gasteiger partial charge in [-0.3, -0.25) is 4.79 Å². The highest BCUT2D eigenvalue weighted by atomic mass is 16.2. The Bertz CT molecular complexity index is 334. The van der Waals surface area contributed by atoms with E-state index in [2.05, 4.69) is 22.5 Å². The SMILES string of the molecule is CCCNc1ccc(NC(=O)C(C)N)nc1. The quantitative estimate of drug-likeness (QED) is 0.699. The predicted octanol–water partition coefficient (Wildman–Crippen LogP) is 1.19. The lowest BCUT2D eigenvalue weighted by molar-refractivity contribution is -0.117. The van der Waals surface area contributed by atoms with E-state index in [1.165, 1.54) is 0 Å². The first kappa shape index (κ1) is 12.4. The molecule has 1 heterocycles. The first-order chi connectivity index (χ1) is 7.63. The molecule has 1 rings (SSSR count). The second-order valence-electron chi connectivity index (χ2n) is 3.64. The summed E-state index contributed by atoms with van der Waals surface area (Å²) in [4.78, 5) is 15.4. The highest BCUT2D eigenvalue weighted by molar-refractivity contribution is 5.93. The molecule has 0 bridgehead atoms. The maximum atomic E-state index is 11.3.